The van der Waals surface area contributed by atoms with Crippen molar-refractivity contribution in [2.24, 2.45) is 164 Å². The molecule has 0 N–H and O–H groups in total. The van der Waals surface area contributed by atoms with E-state index < -0.39 is 0 Å². The summed E-state index contributed by atoms with van der Waals surface area (Å²) >= 11 is 0. The van der Waals surface area contributed by atoms with Gasteiger partial charge >= 0.3 is 0 Å². The predicted molar refractivity (Wildman–Crippen MR) is 456 cm³/mol. The van der Waals surface area contributed by atoms with E-state index in [9.17, 15) is 0 Å². The van der Waals surface area contributed by atoms with E-state index in [-0.39, 0.29) is 0 Å². The molecule has 20 aliphatic rings. The first-order valence-electron chi connectivity index (χ1n) is 51.8. The lowest BCUT2D eigenvalue weighted by Crippen LogP contribution is -2.77. The van der Waals surface area contributed by atoms with Crippen molar-refractivity contribution in [1.29, 1.82) is 0 Å². The van der Waals surface area contributed by atoms with Gasteiger partial charge in [0.1, 0.15) is 0 Å². The minimum Gasteiger partial charge on any atom is -0.295 e. The van der Waals surface area contributed by atoms with Crippen molar-refractivity contribution in [3.63, 3.8) is 0 Å². The predicted octanol–water partition coefficient (Wildman–Crippen LogP) is 28.1. The second kappa shape index (κ2) is 31.3. The lowest BCUT2D eigenvalue weighted by molar-refractivity contribution is -0.153. The summed E-state index contributed by atoms with van der Waals surface area (Å²) in [4.78, 5) is 11.5. The Hall–Kier alpha value is -0.0551. The molecule has 3 aliphatic heterocycles. The maximum Gasteiger partial charge on any atom is 0.156 e. The maximum absolute atomic E-state index is 4.01. The van der Waals surface area contributed by atoms with Gasteiger partial charge in [-0.2, -0.15) is 0 Å². The highest BCUT2D eigenvalue weighted by atomic mass is 15.3. The van der Waals surface area contributed by atoms with E-state index in [1.807, 2.05) is 0 Å². The Bertz CT molecular complexity index is 2900. The first kappa shape index (κ1) is 76.6. The molecule has 20 rings (SSSR count). The van der Waals surface area contributed by atoms with Crippen LogP contribution >= 0.6 is 0 Å². The Morgan fingerprint density at radius 2 is 0.574 bits per heavy atom. The maximum atomic E-state index is 4.01. The molecule has 28 unspecified atom stereocenters. The summed E-state index contributed by atoms with van der Waals surface area (Å²) in [6.45, 7) is 25.6. The van der Waals surface area contributed by atoms with E-state index >= 15 is 0 Å². The van der Waals surface area contributed by atoms with Crippen molar-refractivity contribution in [1.82, 2.24) is 14.7 Å². The molecule has 20 fully saturated rings. The number of fused-ring (bicyclic) bond motifs is 9. The topological polar surface area (TPSA) is 9.72 Å². The van der Waals surface area contributed by atoms with Crippen LogP contribution in [-0.2, 0) is 0 Å². The molecule has 28 atom stereocenters. The fraction of sp³-hybridized carbons (Fsp3) is 1.00. The number of rotatable bonds is 9. The molecular formula is C104H174BN3. The highest BCUT2D eigenvalue weighted by molar-refractivity contribution is 6.65. The smallest absolute Gasteiger partial charge is 0.156 e. The fourth-order valence-electron chi connectivity index (χ4n) is 38.9. The van der Waals surface area contributed by atoms with E-state index in [0.29, 0.717) is 16.2 Å². The van der Waals surface area contributed by atoms with Crippen LogP contribution in [0.3, 0.4) is 0 Å². The van der Waals surface area contributed by atoms with Crippen LogP contribution in [0, 0.1) is 164 Å². The molecule has 0 spiro atoms. The molecule has 0 amide bonds. The Morgan fingerprint density at radius 3 is 1.07 bits per heavy atom. The summed E-state index contributed by atoms with van der Waals surface area (Å²) in [5, 5.41) is 0. The Balaban J connectivity index is 0.713. The van der Waals surface area contributed by atoms with Crippen LogP contribution in [0.15, 0.2) is 0 Å². The van der Waals surface area contributed by atoms with Gasteiger partial charge < -0.3 is 0 Å². The summed E-state index contributed by atoms with van der Waals surface area (Å²) in [6.07, 6.45) is 86.9. The zero-order chi connectivity index (χ0) is 73.1. The van der Waals surface area contributed by atoms with Crippen molar-refractivity contribution in [3.05, 3.63) is 0 Å². The van der Waals surface area contributed by atoms with Crippen molar-refractivity contribution in [2.45, 2.75) is 487 Å². The highest BCUT2D eigenvalue weighted by Crippen LogP contribution is 2.71. The van der Waals surface area contributed by atoms with Gasteiger partial charge in [-0.25, -0.2) is 0 Å². The van der Waals surface area contributed by atoms with Gasteiger partial charge in [0.2, 0.25) is 0 Å². The number of nitrogens with zero attached hydrogens (tertiary/aromatic N) is 3. The van der Waals surface area contributed by atoms with Gasteiger partial charge in [0.25, 0.3) is 0 Å². The first-order chi connectivity index (χ1) is 52.5. The molecule has 0 bridgehead atoms. The third-order valence-electron chi connectivity index (χ3n) is 43.2. The summed E-state index contributed by atoms with van der Waals surface area (Å²) < 4.78 is 0. The van der Waals surface area contributed by atoms with Gasteiger partial charge in [0.05, 0.1) is 0 Å². The molecule has 0 radical (unpaired) electrons. The van der Waals surface area contributed by atoms with Crippen LogP contribution in [0.4, 0.5) is 0 Å². The van der Waals surface area contributed by atoms with Crippen LogP contribution in [0.5, 0.6) is 0 Å². The molecule has 3 saturated heterocycles. The highest BCUT2D eigenvalue weighted by Gasteiger charge is 2.70. The van der Waals surface area contributed by atoms with Crippen LogP contribution in [0.25, 0.3) is 0 Å². The van der Waals surface area contributed by atoms with Crippen molar-refractivity contribution in [3.8, 4) is 0 Å². The van der Waals surface area contributed by atoms with Crippen LogP contribution in [0.2, 0.25) is 17.5 Å². The molecule has 17 aliphatic carbocycles. The quantitative estimate of drug-likeness (QED) is 0.213. The van der Waals surface area contributed by atoms with Crippen LogP contribution in [0.1, 0.15) is 415 Å². The summed E-state index contributed by atoms with van der Waals surface area (Å²) in [7, 11) is 0. The molecule has 0 aromatic carbocycles. The first-order valence-corrected chi connectivity index (χ1v) is 51.8. The van der Waals surface area contributed by atoms with Gasteiger partial charge in [-0.15, -0.1) is 0 Å². The molecule has 4 heteroatoms. The second-order valence-electron chi connectivity index (χ2n) is 50.0. The molecule has 3 heterocycles. The van der Waals surface area contributed by atoms with Gasteiger partial charge in [-0.05, 0) is 349 Å². The third kappa shape index (κ3) is 13.9. The van der Waals surface area contributed by atoms with E-state index in [1.54, 1.807) is 283 Å². The van der Waals surface area contributed by atoms with Gasteiger partial charge in [-0.1, -0.05) is 249 Å². The summed E-state index contributed by atoms with van der Waals surface area (Å²) in [6, 6.07) is 7.68. The van der Waals surface area contributed by atoms with E-state index in [2.05, 4.69) is 77.0 Å². The Kier molecular flexibility index (Phi) is 22.2. The average molecular weight is 1480 g/mol. The van der Waals surface area contributed by atoms with Gasteiger partial charge in [0, 0.05) is 54.4 Å². The molecule has 17 saturated carbocycles. The zero-order valence-electron chi connectivity index (χ0n) is 72.7. The zero-order valence-corrected chi connectivity index (χ0v) is 72.7. The molecule has 0 aromatic rings. The minimum absolute atomic E-state index is 0.394. The number of hydrogen-bond acceptors (Lipinski definition) is 3. The minimum atomic E-state index is 0.394. The molecular weight excluding hydrogens is 1300 g/mol. The van der Waals surface area contributed by atoms with Gasteiger partial charge in [-0.3, -0.25) is 14.7 Å². The SMILES string of the molecule is CC(C)(C)C1CCC(C2CC3C4B(C5CCCCC5N3C3C(C5CCCCC5)CC(C(C)(C)C)CC3C3CCC(C5CC6CCCC7C8CCCC9CCCC(C(C5)C67)C98)CC3)C3CCC(N5C6CCCCC6C6CCCCC65)CC3N(C3C(C5CCCCC5)CC(C(C)(C)C)CC3C3CCCCC3)C4C2)CC1. The van der Waals surface area contributed by atoms with E-state index in [4.69, 9.17) is 0 Å². The van der Waals surface area contributed by atoms with E-state index in [1.165, 1.54) is 70.6 Å². The van der Waals surface area contributed by atoms with E-state index in [0.717, 1.165) is 226 Å². The Morgan fingerprint density at radius 1 is 0.204 bits per heavy atom. The summed E-state index contributed by atoms with van der Waals surface area (Å²) in [5.74, 6) is 28.0. The molecule has 608 valence electrons. The van der Waals surface area contributed by atoms with Gasteiger partial charge in [0.15, 0.2) is 6.71 Å². The van der Waals surface area contributed by atoms with Crippen molar-refractivity contribution >= 4 is 6.71 Å². The molecule has 108 heavy (non-hydrogen) atoms. The largest absolute Gasteiger partial charge is 0.295 e. The molecule has 3 nitrogen and oxygen atoms in total. The third-order valence-corrected chi connectivity index (χ3v) is 43.2. The standard InChI is InChI=1S/C104H174BN3/c1-102(2,3)75-52-50-66(51-53-75)74-58-95-99-96(59-74)108(101-85(68-30-15-11-16-31-68)61-76(103(4,5)6)62-86(101)69-32-17-12-18-33-69)94-64-78(106-91-43-22-19-37-79(91)80-38-20-23-44-92(80)106)54-55-90(94)105(99)89-42-21-24-45-93(89)107(95)100-84(67-28-13-10-14-29-67)60-77(104(7,8)9)63-87(100)70-48-46-65(47-49-70)73-56-72-36-27-40-82-81-39-25-34-71-35-26-41-83(97(71)81)88(57-73)98(72)82/h65-101H,10-64H2,1-9H3. The monoisotopic (exact) mass is 1480 g/mol. The van der Waals surface area contributed by atoms with Crippen molar-refractivity contribution < 1.29 is 0 Å². The van der Waals surface area contributed by atoms with Crippen molar-refractivity contribution in [2.75, 3.05) is 0 Å². The second-order valence-corrected chi connectivity index (χ2v) is 50.0. The lowest BCUT2D eigenvalue weighted by Gasteiger charge is -2.72. The Labute approximate surface area is 668 Å². The normalized spacial score (nSPS) is 51.1. The fourth-order valence-corrected chi connectivity index (χ4v) is 38.9. The number of hydrogen-bond donors (Lipinski definition) is 0. The van der Waals surface area contributed by atoms with Crippen LogP contribution in [-0.4, -0.2) is 75.8 Å². The number of likely N-dealkylation sites (tertiary alicyclic amines) is 1. The average Bonchev–Trinajstić information content (AvgIpc) is 0.767. The lowest BCUT2D eigenvalue weighted by atomic mass is 9.18. The summed E-state index contributed by atoms with van der Waals surface area (Å²) in [5.41, 5.74) is 1.23. The molecule has 0 aromatic heterocycles. The van der Waals surface area contributed by atoms with Crippen LogP contribution < -0.4 is 0 Å².